The minimum atomic E-state index is 0.130. The van der Waals surface area contributed by atoms with Crippen LogP contribution in [-0.4, -0.2) is 47.2 Å². The van der Waals surface area contributed by atoms with Crippen LogP contribution in [-0.2, 0) is 0 Å². The maximum Gasteiger partial charge on any atom is 0.254 e. The second kappa shape index (κ2) is 7.90. The molecule has 3 aromatic rings. The molecule has 1 aliphatic rings. The van der Waals surface area contributed by atoms with Crippen LogP contribution in [0, 0.1) is 0 Å². The molecule has 2 heterocycles. The summed E-state index contributed by atoms with van der Waals surface area (Å²) in [6.07, 6.45) is 0. The first-order valence-corrected chi connectivity index (χ1v) is 11.0. The molecular weight excluding hydrogens is 374 g/mol. The summed E-state index contributed by atoms with van der Waals surface area (Å²) in [5, 5.41) is 1.56. The number of benzene rings is 2. The van der Waals surface area contributed by atoms with Gasteiger partial charge in [-0.3, -0.25) is 4.79 Å². The number of fused-ring (bicyclic) bond motifs is 1. The highest BCUT2D eigenvalue weighted by Gasteiger charge is 2.24. The van der Waals surface area contributed by atoms with Gasteiger partial charge in [-0.1, -0.05) is 43.4 Å². The molecule has 0 saturated carbocycles. The average Bonchev–Trinajstić information content (AvgIpc) is 3.11. The van der Waals surface area contributed by atoms with Crippen LogP contribution in [0.5, 0.6) is 0 Å². The Morgan fingerprint density at radius 1 is 1.07 bits per heavy atom. The Balaban J connectivity index is 1.42. The van der Waals surface area contributed by atoms with Gasteiger partial charge in [-0.2, -0.15) is 0 Å². The van der Waals surface area contributed by atoms with E-state index in [4.69, 9.17) is 4.98 Å². The lowest BCUT2D eigenvalue weighted by Gasteiger charge is -2.34. The third kappa shape index (κ3) is 4.12. The van der Waals surface area contributed by atoms with Crippen LogP contribution in [0.25, 0.3) is 10.2 Å². The standard InChI is InChI=1S/C21H23N3OS2/c1-15(2)26-17-7-5-6-16(14-17)20(25)23-10-12-24(13-11-23)21-22-18-8-3-4-9-19(18)27-21/h3-9,14-15H,10-13H2,1-2H3. The lowest BCUT2D eigenvalue weighted by molar-refractivity contribution is 0.0746. The Hall–Kier alpha value is -2.05. The summed E-state index contributed by atoms with van der Waals surface area (Å²) in [7, 11) is 0. The fourth-order valence-electron chi connectivity index (χ4n) is 3.25. The number of amides is 1. The lowest BCUT2D eigenvalue weighted by atomic mass is 10.2. The van der Waals surface area contributed by atoms with Crippen LogP contribution in [0.1, 0.15) is 24.2 Å². The predicted molar refractivity (Wildman–Crippen MR) is 115 cm³/mol. The zero-order chi connectivity index (χ0) is 18.8. The molecule has 1 saturated heterocycles. The summed E-state index contributed by atoms with van der Waals surface area (Å²) >= 11 is 3.52. The number of piperazine rings is 1. The van der Waals surface area contributed by atoms with E-state index in [0.717, 1.165) is 47.3 Å². The molecule has 4 nitrogen and oxygen atoms in total. The van der Waals surface area contributed by atoms with Crippen molar-refractivity contribution in [3.05, 3.63) is 54.1 Å². The number of para-hydroxylation sites is 1. The molecule has 0 atom stereocenters. The molecule has 0 bridgehead atoms. The van der Waals surface area contributed by atoms with Crippen LogP contribution in [0.15, 0.2) is 53.4 Å². The number of rotatable bonds is 4. The molecule has 1 aliphatic heterocycles. The number of nitrogens with zero attached hydrogens (tertiary/aromatic N) is 3. The zero-order valence-corrected chi connectivity index (χ0v) is 17.2. The highest BCUT2D eigenvalue weighted by atomic mass is 32.2. The maximum atomic E-state index is 12.9. The van der Waals surface area contributed by atoms with Crippen molar-refractivity contribution in [3.8, 4) is 0 Å². The van der Waals surface area contributed by atoms with E-state index in [0.29, 0.717) is 5.25 Å². The van der Waals surface area contributed by atoms with Gasteiger partial charge in [0.05, 0.1) is 10.2 Å². The maximum absolute atomic E-state index is 12.9. The van der Waals surface area contributed by atoms with Crippen molar-refractivity contribution >= 4 is 44.4 Å². The summed E-state index contributed by atoms with van der Waals surface area (Å²) in [6, 6.07) is 16.2. The number of carbonyl (C=O) groups excluding carboxylic acids is 1. The van der Waals surface area contributed by atoms with Crippen molar-refractivity contribution in [2.45, 2.75) is 24.0 Å². The Labute approximate surface area is 168 Å². The summed E-state index contributed by atoms with van der Waals surface area (Å²) in [5.41, 5.74) is 1.84. The van der Waals surface area contributed by atoms with E-state index in [-0.39, 0.29) is 5.91 Å². The van der Waals surface area contributed by atoms with Crippen molar-refractivity contribution in [1.29, 1.82) is 0 Å². The van der Waals surface area contributed by atoms with Crippen LogP contribution in [0.3, 0.4) is 0 Å². The smallest absolute Gasteiger partial charge is 0.254 e. The average molecular weight is 398 g/mol. The van der Waals surface area contributed by atoms with Crippen LogP contribution in [0.2, 0.25) is 0 Å². The van der Waals surface area contributed by atoms with Crippen molar-refractivity contribution in [1.82, 2.24) is 9.88 Å². The Kier molecular flexibility index (Phi) is 5.36. The van der Waals surface area contributed by atoms with E-state index in [2.05, 4.69) is 36.9 Å². The molecule has 140 valence electrons. The fourth-order valence-corrected chi connectivity index (χ4v) is 5.17. The number of carbonyl (C=O) groups is 1. The summed E-state index contributed by atoms with van der Waals surface area (Å²) in [4.78, 5) is 23.1. The Bertz CT molecular complexity index is 912. The number of aromatic nitrogens is 1. The second-order valence-electron chi connectivity index (χ2n) is 6.94. The number of hydrogen-bond donors (Lipinski definition) is 0. The van der Waals surface area contributed by atoms with E-state index in [9.17, 15) is 4.79 Å². The van der Waals surface area contributed by atoms with Crippen LogP contribution >= 0.6 is 23.1 Å². The van der Waals surface area contributed by atoms with Gasteiger partial charge in [-0.05, 0) is 30.3 Å². The summed E-state index contributed by atoms with van der Waals surface area (Å²) < 4.78 is 1.21. The van der Waals surface area contributed by atoms with Crippen molar-refractivity contribution in [2.24, 2.45) is 0 Å². The van der Waals surface area contributed by atoms with E-state index < -0.39 is 0 Å². The molecule has 0 radical (unpaired) electrons. The highest BCUT2D eigenvalue weighted by Crippen LogP contribution is 2.29. The van der Waals surface area contributed by atoms with Gasteiger partial charge in [0.2, 0.25) is 0 Å². The molecule has 6 heteroatoms. The third-order valence-electron chi connectivity index (χ3n) is 4.57. The van der Waals surface area contributed by atoms with Gasteiger partial charge in [-0.25, -0.2) is 4.98 Å². The highest BCUT2D eigenvalue weighted by molar-refractivity contribution is 7.99. The molecule has 1 fully saturated rings. The molecule has 1 aromatic heterocycles. The Morgan fingerprint density at radius 3 is 2.59 bits per heavy atom. The minimum Gasteiger partial charge on any atom is -0.345 e. The predicted octanol–water partition coefficient (Wildman–Crippen LogP) is 4.76. The van der Waals surface area contributed by atoms with Gasteiger partial charge < -0.3 is 9.80 Å². The molecule has 0 spiro atoms. The monoisotopic (exact) mass is 397 g/mol. The zero-order valence-electron chi connectivity index (χ0n) is 15.6. The first kappa shape index (κ1) is 18.3. The van der Waals surface area contributed by atoms with Crippen molar-refractivity contribution < 1.29 is 4.79 Å². The quantitative estimate of drug-likeness (QED) is 0.595. The first-order valence-electron chi connectivity index (χ1n) is 9.26. The van der Waals surface area contributed by atoms with E-state index in [1.165, 1.54) is 4.70 Å². The lowest BCUT2D eigenvalue weighted by Crippen LogP contribution is -2.48. The molecule has 0 aliphatic carbocycles. The van der Waals surface area contributed by atoms with Gasteiger partial charge in [-0.15, -0.1) is 11.8 Å². The van der Waals surface area contributed by atoms with Crippen LogP contribution < -0.4 is 4.90 Å². The first-order chi connectivity index (χ1) is 13.1. The Morgan fingerprint density at radius 2 is 1.85 bits per heavy atom. The SMILES string of the molecule is CC(C)Sc1cccc(C(=O)N2CCN(c3nc4ccccc4s3)CC2)c1. The van der Waals surface area contributed by atoms with E-state index >= 15 is 0 Å². The number of thiazole rings is 1. The summed E-state index contributed by atoms with van der Waals surface area (Å²) in [5.74, 6) is 0.130. The molecular formula is C21H23N3OS2. The number of hydrogen-bond acceptors (Lipinski definition) is 5. The minimum absolute atomic E-state index is 0.130. The van der Waals surface area contributed by atoms with Crippen LogP contribution in [0.4, 0.5) is 5.13 Å². The van der Waals surface area contributed by atoms with Gasteiger partial charge >= 0.3 is 0 Å². The van der Waals surface area contributed by atoms with Gasteiger partial charge in [0.15, 0.2) is 5.13 Å². The fraction of sp³-hybridized carbons (Fsp3) is 0.333. The third-order valence-corrected chi connectivity index (χ3v) is 6.67. The van der Waals surface area contributed by atoms with E-state index in [1.54, 1.807) is 23.1 Å². The molecule has 0 unspecified atom stereocenters. The molecule has 27 heavy (non-hydrogen) atoms. The second-order valence-corrected chi connectivity index (χ2v) is 9.60. The van der Waals surface area contributed by atoms with Crippen molar-refractivity contribution in [2.75, 3.05) is 31.1 Å². The number of anilines is 1. The van der Waals surface area contributed by atoms with Gasteiger partial charge in [0, 0.05) is 41.9 Å². The summed E-state index contributed by atoms with van der Waals surface area (Å²) in [6.45, 7) is 7.45. The normalized spacial score (nSPS) is 14.9. The van der Waals surface area contributed by atoms with Gasteiger partial charge in [0.25, 0.3) is 5.91 Å². The van der Waals surface area contributed by atoms with Gasteiger partial charge in [0.1, 0.15) is 0 Å². The molecule has 4 rings (SSSR count). The largest absolute Gasteiger partial charge is 0.345 e. The molecule has 2 aromatic carbocycles. The van der Waals surface area contributed by atoms with E-state index in [1.807, 2.05) is 35.2 Å². The van der Waals surface area contributed by atoms with Crippen molar-refractivity contribution in [3.63, 3.8) is 0 Å². The number of thioether (sulfide) groups is 1. The molecule has 0 N–H and O–H groups in total. The molecule has 1 amide bonds. The topological polar surface area (TPSA) is 36.4 Å².